The summed E-state index contributed by atoms with van der Waals surface area (Å²) >= 11 is 0. The smallest absolute Gasteiger partial charge is 0.269 e. The minimum absolute atomic E-state index is 0.00378. The number of piperazine rings is 1. The van der Waals surface area contributed by atoms with Gasteiger partial charge in [0, 0.05) is 62.4 Å². The van der Waals surface area contributed by atoms with Crippen molar-refractivity contribution < 1.29 is 14.5 Å². The van der Waals surface area contributed by atoms with Crippen molar-refractivity contribution in [2.75, 3.05) is 31.1 Å². The van der Waals surface area contributed by atoms with Crippen molar-refractivity contribution in [1.29, 1.82) is 0 Å². The first-order valence-electron chi connectivity index (χ1n) is 10.4. The number of non-ortho nitro benzene ring substituents is 1. The van der Waals surface area contributed by atoms with Crippen LogP contribution in [0, 0.1) is 10.1 Å². The maximum absolute atomic E-state index is 12.5. The third kappa shape index (κ3) is 5.43. The molecule has 30 heavy (non-hydrogen) atoms. The third-order valence-electron chi connectivity index (χ3n) is 5.44. The molecule has 0 saturated carbocycles. The molecule has 1 heterocycles. The number of aryl methyl sites for hydroxylation is 1. The van der Waals surface area contributed by atoms with Crippen molar-refractivity contribution in [3.05, 3.63) is 69.8 Å². The molecule has 2 aromatic carbocycles. The van der Waals surface area contributed by atoms with Gasteiger partial charge in [0.15, 0.2) is 5.78 Å². The van der Waals surface area contributed by atoms with E-state index in [1.54, 1.807) is 17.0 Å². The Morgan fingerprint density at radius 1 is 0.933 bits per heavy atom. The van der Waals surface area contributed by atoms with Crippen LogP contribution < -0.4 is 4.90 Å². The van der Waals surface area contributed by atoms with Gasteiger partial charge in [-0.05, 0) is 24.1 Å². The first-order chi connectivity index (χ1) is 14.5. The van der Waals surface area contributed by atoms with Gasteiger partial charge in [-0.2, -0.15) is 0 Å². The topological polar surface area (TPSA) is 83.8 Å². The van der Waals surface area contributed by atoms with Gasteiger partial charge in [0.25, 0.3) is 5.69 Å². The van der Waals surface area contributed by atoms with Crippen molar-refractivity contribution in [3.8, 4) is 0 Å². The number of rotatable bonds is 8. The minimum Gasteiger partial charge on any atom is -0.368 e. The molecule has 7 nitrogen and oxygen atoms in total. The van der Waals surface area contributed by atoms with E-state index in [9.17, 15) is 19.7 Å². The number of nitro benzene ring substituents is 1. The molecule has 1 aliphatic heterocycles. The normalized spacial score (nSPS) is 13.9. The van der Waals surface area contributed by atoms with Gasteiger partial charge in [-0.25, -0.2) is 0 Å². The van der Waals surface area contributed by atoms with Gasteiger partial charge < -0.3 is 9.80 Å². The Kier molecular flexibility index (Phi) is 7.17. The summed E-state index contributed by atoms with van der Waals surface area (Å²) in [6, 6.07) is 14.1. The molecule has 7 heteroatoms. The molecule has 0 bridgehead atoms. The van der Waals surface area contributed by atoms with E-state index in [4.69, 9.17) is 0 Å². The predicted octanol–water partition coefficient (Wildman–Crippen LogP) is 3.86. The summed E-state index contributed by atoms with van der Waals surface area (Å²) in [5.41, 5.74) is 2.85. The fraction of sp³-hybridized carbons (Fsp3) is 0.391. The lowest BCUT2D eigenvalue weighted by Crippen LogP contribution is -2.48. The Balaban J connectivity index is 1.45. The van der Waals surface area contributed by atoms with E-state index in [-0.39, 0.29) is 30.2 Å². The first kappa shape index (κ1) is 21.5. The van der Waals surface area contributed by atoms with E-state index < -0.39 is 4.92 Å². The number of nitro groups is 1. The molecule has 0 radical (unpaired) electrons. The molecule has 1 saturated heterocycles. The van der Waals surface area contributed by atoms with Gasteiger partial charge in [0.05, 0.1) is 4.92 Å². The Morgan fingerprint density at radius 3 is 2.13 bits per heavy atom. The van der Waals surface area contributed by atoms with Crippen LogP contribution in [0.1, 0.15) is 42.1 Å². The Bertz CT molecular complexity index is 886. The highest BCUT2D eigenvalue weighted by molar-refractivity contribution is 5.98. The van der Waals surface area contributed by atoms with Crippen LogP contribution in [-0.2, 0) is 11.2 Å². The highest BCUT2D eigenvalue weighted by Gasteiger charge is 2.22. The second kappa shape index (κ2) is 10.0. The molecule has 0 aliphatic carbocycles. The molecule has 0 atom stereocenters. The summed E-state index contributed by atoms with van der Waals surface area (Å²) < 4.78 is 0. The van der Waals surface area contributed by atoms with Crippen LogP contribution in [-0.4, -0.2) is 47.7 Å². The second-order valence-electron chi connectivity index (χ2n) is 7.51. The summed E-state index contributed by atoms with van der Waals surface area (Å²) in [4.78, 5) is 39.2. The molecular weight excluding hydrogens is 382 g/mol. The van der Waals surface area contributed by atoms with Crippen LogP contribution in [0.4, 0.5) is 11.4 Å². The molecule has 2 aromatic rings. The fourth-order valence-corrected chi connectivity index (χ4v) is 3.67. The highest BCUT2D eigenvalue weighted by Crippen LogP contribution is 2.21. The summed E-state index contributed by atoms with van der Waals surface area (Å²) in [6.45, 7) is 4.61. The number of Topliss-reactive ketones (excluding diaryl/α,β-unsaturated/α-hetero) is 1. The summed E-state index contributed by atoms with van der Waals surface area (Å²) in [5.74, 6) is -0.00906. The van der Waals surface area contributed by atoms with Crippen LogP contribution in [0.5, 0.6) is 0 Å². The van der Waals surface area contributed by atoms with Gasteiger partial charge in [0.1, 0.15) is 0 Å². The number of carbonyl (C=O) groups excluding carboxylic acids is 2. The van der Waals surface area contributed by atoms with Gasteiger partial charge >= 0.3 is 0 Å². The quantitative estimate of drug-likeness (QED) is 0.376. The maximum Gasteiger partial charge on any atom is 0.269 e. The molecule has 0 N–H and O–H groups in total. The molecule has 0 unspecified atom stereocenters. The Labute approximate surface area is 176 Å². The van der Waals surface area contributed by atoms with Gasteiger partial charge in [0.2, 0.25) is 5.91 Å². The van der Waals surface area contributed by atoms with Gasteiger partial charge in [-0.3, -0.25) is 19.7 Å². The SMILES string of the molecule is CCCc1ccc(C(=O)CCC(=O)N2CCN(c3ccc([N+](=O)[O-])cc3)CC2)cc1. The molecule has 0 spiro atoms. The number of amides is 1. The van der Waals surface area contributed by atoms with Crippen molar-refractivity contribution >= 4 is 23.1 Å². The van der Waals surface area contributed by atoms with Crippen molar-refractivity contribution in [1.82, 2.24) is 4.90 Å². The Morgan fingerprint density at radius 2 is 1.57 bits per heavy atom. The standard InChI is InChI=1S/C23H27N3O4/c1-2-3-18-4-6-19(7-5-18)22(27)12-13-23(28)25-16-14-24(15-17-25)20-8-10-21(11-9-20)26(29)30/h4-11H,2-3,12-17H2,1H3. The first-order valence-corrected chi connectivity index (χ1v) is 10.4. The minimum atomic E-state index is -0.415. The van der Waals surface area contributed by atoms with E-state index >= 15 is 0 Å². The van der Waals surface area contributed by atoms with E-state index in [0.717, 1.165) is 18.5 Å². The summed E-state index contributed by atoms with van der Waals surface area (Å²) in [6.07, 6.45) is 2.50. The average molecular weight is 409 g/mol. The lowest BCUT2D eigenvalue weighted by Gasteiger charge is -2.36. The number of ketones is 1. The zero-order chi connectivity index (χ0) is 21.5. The maximum atomic E-state index is 12.5. The molecule has 1 amide bonds. The number of hydrogen-bond acceptors (Lipinski definition) is 5. The number of benzene rings is 2. The van der Waals surface area contributed by atoms with E-state index in [1.165, 1.54) is 17.7 Å². The second-order valence-corrected chi connectivity index (χ2v) is 7.51. The lowest BCUT2D eigenvalue weighted by molar-refractivity contribution is -0.384. The highest BCUT2D eigenvalue weighted by atomic mass is 16.6. The molecule has 158 valence electrons. The van der Waals surface area contributed by atoms with Crippen LogP contribution in [0.3, 0.4) is 0 Å². The largest absolute Gasteiger partial charge is 0.368 e. The lowest BCUT2D eigenvalue weighted by atomic mass is 10.0. The monoisotopic (exact) mass is 409 g/mol. The average Bonchev–Trinajstić information content (AvgIpc) is 2.78. The number of anilines is 1. The van der Waals surface area contributed by atoms with Crippen LogP contribution >= 0.6 is 0 Å². The van der Waals surface area contributed by atoms with Crippen molar-refractivity contribution in [2.24, 2.45) is 0 Å². The van der Waals surface area contributed by atoms with Crippen molar-refractivity contribution in [3.63, 3.8) is 0 Å². The van der Waals surface area contributed by atoms with E-state index in [2.05, 4.69) is 11.8 Å². The van der Waals surface area contributed by atoms with E-state index in [1.807, 2.05) is 24.3 Å². The molecule has 1 fully saturated rings. The predicted molar refractivity (Wildman–Crippen MR) is 116 cm³/mol. The summed E-state index contributed by atoms with van der Waals surface area (Å²) in [5, 5.41) is 10.8. The van der Waals surface area contributed by atoms with Crippen molar-refractivity contribution in [2.45, 2.75) is 32.6 Å². The molecular formula is C23H27N3O4. The number of nitrogens with zero attached hydrogens (tertiary/aromatic N) is 3. The van der Waals surface area contributed by atoms with Gasteiger partial charge in [-0.15, -0.1) is 0 Å². The molecule has 1 aliphatic rings. The van der Waals surface area contributed by atoms with Crippen LogP contribution in [0.15, 0.2) is 48.5 Å². The van der Waals surface area contributed by atoms with Gasteiger partial charge in [-0.1, -0.05) is 37.6 Å². The molecule has 3 rings (SSSR count). The number of hydrogen-bond donors (Lipinski definition) is 0. The van der Waals surface area contributed by atoms with E-state index in [0.29, 0.717) is 31.7 Å². The third-order valence-corrected chi connectivity index (χ3v) is 5.44. The summed E-state index contributed by atoms with van der Waals surface area (Å²) in [7, 11) is 0. The zero-order valence-electron chi connectivity index (χ0n) is 17.3. The van der Waals surface area contributed by atoms with Crippen LogP contribution in [0.25, 0.3) is 0 Å². The number of carbonyl (C=O) groups is 2. The Hall–Kier alpha value is -3.22. The molecule has 0 aromatic heterocycles. The zero-order valence-corrected chi connectivity index (χ0v) is 17.3. The fourth-order valence-electron chi connectivity index (χ4n) is 3.67. The van der Waals surface area contributed by atoms with Crippen LogP contribution in [0.2, 0.25) is 0 Å².